The molecule has 0 aromatic heterocycles. The molecule has 1 aromatic rings. The molecule has 1 aromatic carbocycles. The number of nitrogens with one attached hydrogen (secondary N) is 1. The predicted octanol–water partition coefficient (Wildman–Crippen LogP) is 3.38. The van der Waals surface area contributed by atoms with Crippen molar-refractivity contribution in [2.45, 2.75) is 44.1 Å². The molecule has 1 saturated carbocycles. The first kappa shape index (κ1) is 9.41. The van der Waals surface area contributed by atoms with E-state index in [4.69, 9.17) is 0 Å². The zero-order chi connectivity index (χ0) is 10.1. The quantitative estimate of drug-likeness (QED) is 0.773. The maximum atomic E-state index is 3.58. The van der Waals surface area contributed by atoms with Crippen molar-refractivity contribution >= 4 is 0 Å². The van der Waals surface area contributed by atoms with Gasteiger partial charge in [0.05, 0.1) is 0 Å². The minimum Gasteiger partial charge on any atom is -0.310 e. The standard InChI is InChI=1S/C14H19N/c1-4-11(5-1)12-6-2-7-13(10-12)14-8-3-9-15-14/h2,6-7,10-11,14-15H,1,3-5,8-9H2. The first-order valence-electron chi connectivity index (χ1n) is 6.27. The van der Waals surface area contributed by atoms with Gasteiger partial charge in [-0.15, -0.1) is 0 Å². The SMILES string of the molecule is c1cc(C2CCC2)cc(C2CCCN2)c1. The molecular formula is C14H19N. The van der Waals surface area contributed by atoms with Gasteiger partial charge in [0.15, 0.2) is 0 Å². The van der Waals surface area contributed by atoms with E-state index in [1.807, 2.05) is 0 Å². The summed E-state index contributed by atoms with van der Waals surface area (Å²) in [5.74, 6) is 0.867. The molecule has 2 aliphatic rings. The number of hydrogen-bond donors (Lipinski definition) is 1. The van der Waals surface area contributed by atoms with Crippen LogP contribution in [0.25, 0.3) is 0 Å². The Morgan fingerprint density at radius 2 is 1.87 bits per heavy atom. The molecule has 80 valence electrons. The largest absolute Gasteiger partial charge is 0.310 e. The van der Waals surface area contributed by atoms with E-state index in [0.717, 1.165) is 5.92 Å². The highest BCUT2D eigenvalue weighted by Crippen LogP contribution is 2.37. The van der Waals surface area contributed by atoms with Crippen LogP contribution in [0.15, 0.2) is 24.3 Å². The van der Waals surface area contributed by atoms with Crippen LogP contribution in [0.4, 0.5) is 0 Å². The van der Waals surface area contributed by atoms with Gasteiger partial charge in [-0.3, -0.25) is 0 Å². The van der Waals surface area contributed by atoms with E-state index in [1.54, 1.807) is 5.56 Å². The number of hydrogen-bond acceptors (Lipinski definition) is 1. The van der Waals surface area contributed by atoms with Crippen molar-refractivity contribution in [2.75, 3.05) is 6.54 Å². The van der Waals surface area contributed by atoms with Gasteiger partial charge in [0.25, 0.3) is 0 Å². The molecule has 1 heterocycles. The van der Waals surface area contributed by atoms with Crippen LogP contribution in [0.2, 0.25) is 0 Å². The minimum atomic E-state index is 0.630. The topological polar surface area (TPSA) is 12.0 Å². The van der Waals surface area contributed by atoms with E-state index in [0.29, 0.717) is 6.04 Å². The third-order valence-electron chi connectivity index (χ3n) is 3.95. The number of rotatable bonds is 2. The smallest absolute Gasteiger partial charge is 0.0320 e. The zero-order valence-corrected chi connectivity index (χ0v) is 9.21. The first-order chi connectivity index (χ1) is 7.43. The number of benzene rings is 1. The highest BCUT2D eigenvalue weighted by atomic mass is 14.9. The van der Waals surface area contributed by atoms with Crippen molar-refractivity contribution in [3.05, 3.63) is 35.4 Å². The predicted molar refractivity (Wildman–Crippen MR) is 63.0 cm³/mol. The molecule has 2 fully saturated rings. The summed E-state index contributed by atoms with van der Waals surface area (Å²) < 4.78 is 0. The Balaban J connectivity index is 1.81. The van der Waals surface area contributed by atoms with Crippen molar-refractivity contribution in [1.82, 2.24) is 5.32 Å². The van der Waals surface area contributed by atoms with Gasteiger partial charge < -0.3 is 5.32 Å². The summed E-state index contributed by atoms with van der Waals surface area (Å²) >= 11 is 0. The Hall–Kier alpha value is -0.820. The molecule has 0 radical (unpaired) electrons. The molecule has 1 saturated heterocycles. The van der Waals surface area contributed by atoms with E-state index >= 15 is 0 Å². The van der Waals surface area contributed by atoms with E-state index in [1.165, 1.54) is 44.2 Å². The lowest BCUT2D eigenvalue weighted by molar-refractivity contribution is 0.419. The second-order valence-electron chi connectivity index (χ2n) is 4.95. The van der Waals surface area contributed by atoms with Gasteiger partial charge in [-0.2, -0.15) is 0 Å². The highest BCUT2D eigenvalue weighted by molar-refractivity contribution is 5.30. The highest BCUT2D eigenvalue weighted by Gasteiger charge is 2.21. The summed E-state index contributed by atoms with van der Waals surface area (Å²) in [5.41, 5.74) is 3.09. The van der Waals surface area contributed by atoms with Crippen molar-refractivity contribution in [3.63, 3.8) is 0 Å². The average Bonchev–Trinajstić information content (AvgIpc) is 2.68. The fourth-order valence-electron chi connectivity index (χ4n) is 2.74. The van der Waals surface area contributed by atoms with Crippen LogP contribution < -0.4 is 5.32 Å². The molecule has 1 N–H and O–H groups in total. The zero-order valence-electron chi connectivity index (χ0n) is 9.21. The lowest BCUT2D eigenvalue weighted by atomic mass is 9.79. The summed E-state index contributed by atoms with van der Waals surface area (Å²) in [5, 5.41) is 3.58. The molecule has 0 bridgehead atoms. The fraction of sp³-hybridized carbons (Fsp3) is 0.571. The first-order valence-corrected chi connectivity index (χ1v) is 6.27. The average molecular weight is 201 g/mol. The van der Waals surface area contributed by atoms with Crippen molar-refractivity contribution < 1.29 is 0 Å². The molecule has 0 spiro atoms. The molecule has 1 aliphatic carbocycles. The van der Waals surface area contributed by atoms with Crippen molar-refractivity contribution in [2.24, 2.45) is 0 Å². The third-order valence-corrected chi connectivity index (χ3v) is 3.95. The Kier molecular flexibility index (Phi) is 2.49. The van der Waals surface area contributed by atoms with Crippen LogP contribution in [0, 0.1) is 0 Å². The summed E-state index contributed by atoms with van der Waals surface area (Å²) in [6.45, 7) is 1.19. The van der Waals surface area contributed by atoms with E-state index < -0.39 is 0 Å². The second kappa shape index (κ2) is 3.97. The van der Waals surface area contributed by atoms with Gasteiger partial charge in [0.1, 0.15) is 0 Å². The van der Waals surface area contributed by atoms with Gasteiger partial charge in [-0.05, 0) is 49.3 Å². The van der Waals surface area contributed by atoms with E-state index in [-0.39, 0.29) is 0 Å². The van der Waals surface area contributed by atoms with Crippen molar-refractivity contribution in [1.29, 1.82) is 0 Å². The minimum absolute atomic E-state index is 0.630. The molecule has 3 rings (SSSR count). The van der Waals surface area contributed by atoms with Crippen LogP contribution in [-0.2, 0) is 0 Å². The van der Waals surface area contributed by atoms with Gasteiger partial charge in [-0.25, -0.2) is 0 Å². The van der Waals surface area contributed by atoms with Gasteiger partial charge in [-0.1, -0.05) is 30.7 Å². The van der Waals surface area contributed by atoms with E-state index in [9.17, 15) is 0 Å². The molecule has 0 amide bonds. The summed E-state index contributed by atoms with van der Waals surface area (Å²) in [7, 11) is 0. The molecular weight excluding hydrogens is 182 g/mol. The molecule has 1 heteroatoms. The third kappa shape index (κ3) is 1.81. The van der Waals surface area contributed by atoms with Crippen LogP contribution >= 0.6 is 0 Å². The van der Waals surface area contributed by atoms with Gasteiger partial charge in [0, 0.05) is 6.04 Å². The maximum Gasteiger partial charge on any atom is 0.0320 e. The Bertz CT molecular complexity index is 335. The Labute approximate surface area is 91.9 Å². The van der Waals surface area contributed by atoms with Crippen molar-refractivity contribution in [3.8, 4) is 0 Å². The monoisotopic (exact) mass is 201 g/mol. The molecule has 1 unspecified atom stereocenters. The van der Waals surface area contributed by atoms with E-state index in [2.05, 4.69) is 29.6 Å². The maximum absolute atomic E-state index is 3.58. The summed E-state index contributed by atoms with van der Waals surface area (Å²) in [6, 6.07) is 9.90. The molecule has 15 heavy (non-hydrogen) atoms. The normalized spacial score (nSPS) is 26.5. The van der Waals surface area contributed by atoms with Gasteiger partial charge in [0.2, 0.25) is 0 Å². The molecule has 1 nitrogen and oxygen atoms in total. The summed E-state index contributed by atoms with van der Waals surface area (Å²) in [6.07, 6.45) is 6.88. The molecule has 1 aliphatic heterocycles. The van der Waals surface area contributed by atoms with Crippen LogP contribution in [0.3, 0.4) is 0 Å². The van der Waals surface area contributed by atoms with Crippen LogP contribution in [0.1, 0.15) is 55.2 Å². The Morgan fingerprint density at radius 3 is 2.53 bits per heavy atom. The van der Waals surface area contributed by atoms with Crippen LogP contribution in [0.5, 0.6) is 0 Å². The fourth-order valence-corrected chi connectivity index (χ4v) is 2.74. The second-order valence-corrected chi connectivity index (χ2v) is 4.95. The Morgan fingerprint density at radius 1 is 1.00 bits per heavy atom. The lowest BCUT2D eigenvalue weighted by Gasteiger charge is -2.26. The lowest BCUT2D eigenvalue weighted by Crippen LogP contribution is -2.14. The molecule has 1 atom stereocenters. The van der Waals surface area contributed by atoms with Gasteiger partial charge >= 0.3 is 0 Å². The van der Waals surface area contributed by atoms with Crippen LogP contribution in [-0.4, -0.2) is 6.54 Å². The summed E-state index contributed by atoms with van der Waals surface area (Å²) in [4.78, 5) is 0.